The van der Waals surface area contributed by atoms with Crippen LogP contribution in [0.4, 0.5) is 0 Å². The number of aromatic nitrogens is 3. The molecule has 96 valence electrons. The number of nitrogens with one attached hydrogen (secondary N) is 1. The monoisotopic (exact) mass is 288 g/mol. The standard InChI is InChI=1S/C9H9ClN4O3S/c1-6-13-8(14-17-6)5-12-18(15,16)7-3-2-4-11-9(7)10/h2-4,12H,5H2,1H3. The maximum atomic E-state index is 11.9. The third kappa shape index (κ3) is 2.84. The number of hydrogen-bond donors (Lipinski definition) is 1. The molecule has 0 atom stereocenters. The molecule has 0 aliphatic carbocycles. The van der Waals surface area contributed by atoms with Crippen LogP contribution in [0.25, 0.3) is 0 Å². The van der Waals surface area contributed by atoms with Gasteiger partial charge in [-0.2, -0.15) is 4.98 Å². The van der Waals surface area contributed by atoms with Crippen LogP contribution < -0.4 is 4.72 Å². The zero-order valence-corrected chi connectivity index (χ0v) is 10.9. The summed E-state index contributed by atoms with van der Waals surface area (Å²) in [5.41, 5.74) is 0. The first kappa shape index (κ1) is 12.9. The van der Waals surface area contributed by atoms with Crippen molar-refractivity contribution in [1.29, 1.82) is 0 Å². The van der Waals surface area contributed by atoms with Gasteiger partial charge in [0.2, 0.25) is 15.9 Å². The molecule has 0 aliphatic rings. The summed E-state index contributed by atoms with van der Waals surface area (Å²) in [5.74, 6) is 0.611. The molecule has 0 aliphatic heterocycles. The molecule has 0 saturated heterocycles. The molecule has 18 heavy (non-hydrogen) atoms. The molecule has 0 unspecified atom stereocenters. The normalized spacial score (nSPS) is 11.7. The average molecular weight is 289 g/mol. The van der Waals surface area contributed by atoms with Crippen LogP contribution >= 0.6 is 11.6 Å². The first-order valence-corrected chi connectivity index (χ1v) is 6.74. The van der Waals surface area contributed by atoms with Crippen molar-refractivity contribution in [2.45, 2.75) is 18.4 Å². The van der Waals surface area contributed by atoms with Crippen LogP contribution in [-0.4, -0.2) is 23.5 Å². The summed E-state index contributed by atoms with van der Waals surface area (Å²) >= 11 is 5.71. The van der Waals surface area contributed by atoms with Gasteiger partial charge in [0, 0.05) is 13.1 Å². The predicted molar refractivity (Wildman–Crippen MR) is 62.3 cm³/mol. The summed E-state index contributed by atoms with van der Waals surface area (Å²) in [4.78, 5) is 7.49. The van der Waals surface area contributed by atoms with E-state index in [1.54, 1.807) is 6.92 Å². The largest absolute Gasteiger partial charge is 0.340 e. The zero-order valence-electron chi connectivity index (χ0n) is 9.29. The minimum absolute atomic E-state index is 0.0785. The lowest BCUT2D eigenvalue weighted by molar-refractivity contribution is 0.387. The zero-order chi connectivity index (χ0) is 13.2. The van der Waals surface area contributed by atoms with E-state index in [9.17, 15) is 8.42 Å². The molecular weight excluding hydrogens is 280 g/mol. The van der Waals surface area contributed by atoms with E-state index in [0.29, 0.717) is 5.89 Å². The van der Waals surface area contributed by atoms with Gasteiger partial charge in [0.1, 0.15) is 10.0 Å². The Morgan fingerprint density at radius 3 is 2.89 bits per heavy atom. The van der Waals surface area contributed by atoms with E-state index in [1.165, 1.54) is 18.3 Å². The van der Waals surface area contributed by atoms with Gasteiger partial charge >= 0.3 is 0 Å². The number of pyridine rings is 1. The number of sulfonamides is 1. The molecule has 0 radical (unpaired) electrons. The quantitative estimate of drug-likeness (QED) is 0.840. The van der Waals surface area contributed by atoms with E-state index >= 15 is 0 Å². The van der Waals surface area contributed by atoms with Crippen molar-refractivity contribution in [3.05, 3.63) is 35.2 Å². The number of halogens is 1. The summed E-state index contributed by atoms with van der Waals surface area (Å²) in [6.07, 6.45) is 1.41. The van der Waals surface area contributed by atoms with Crippen LogP contribution in [0.15, 0.2) is 27.7 Å². The van der Waals surface area contributed by atoms with Gasteiger partial charge in [0.05, 0.1) is 6.54 Å². The molecule has 0 fully saturated rings. The highest BCUT2D eigenvalue weighted by Crippen LogP contribution is 2.17. The highest BCUT2D eigenvalue weighted by Gasteiger charge is 2.18. The summed E-state index contributed by atoms with van der Waals surface area (Å²) in [6, 6.07) is 2.85. The third-order valence-electron chi connectivity index (χ3n) is 2.00. The Hall–Kier alpha value is -1.51. The first-order valence-electron chi connectivity index (χ1n) is 4.88. The van der Waals surface area contributed by atoms with Crippen LogP contribution in [0.2, 0.25) is 5.15 Å². The highest BCUT2D eigenvalue weighted by molar-refractivity contribution is 7.89. The number of rotatable bonds is 4. The Kier molecular flexibility index (Phi) is 3.60. The van der Waals surface area contributed by atoms with Gasteiger partial charge in [-0.15, -0.1) is 0 Å². The molecule has 0 aromatic carbocycles. The minimum Gasteiger partial charge on any atom is -0.340 e. The van der Waals surface area contributed by atoms with E-state index in [-0.39, 0.29) is 22.4 Å². The highest BCUT2D eigenvalue weighted by atomic mass is 35.5. The molecule has 0 amide bonds. The first-order chi connectivity index (χ1) is 8.49. The lowest BCUT2D eigenvalue weighted by atomic mass is 10.5. The van der Waals surface area contributed by atoms with Crippen molar-refractivity contribution in [3.8, 4) is 0 Å². The van der Waals surface area contributed by atoms with Crippen molar-refractivity contribution in [2.75, 3.05) is 0 Å². The van der Waals surface area contributed by atoms with Gasteiger partial charge in [-0.3, -0.25) is 0 Å². The summed E-state index contributed by atoms with van der Waals surface area (Å²) in [7, 11) is -3.75. The summed E-state index contributed by atoms with van der Waals surface area (Å²) in [5, 5.41) is 3.48. The maximum Gasteiger partial charge on any atom is 0.244 e. The molecule has 1 N–H and O–H groups in total. The van der Waals surface area contributed by atoms with Crippen LogP contribution in [0.5, 0.6) is 0 Å². The van der Waals surface area contributed by atoms with Crippen LogP contribution in [0.1, 0.15) is 11.7 Å². The lowest BCUT2D eigenvalue weighted by Gasteiger charge is -2.05. The van der Waals surface area contributed by atoms with E-state index in [2.05, 4.69) is 19.8 Å². The number of nitrogens with zero attached hydrogens (tertiary/aromatic N) is 3. The smallest absolute Gasteiger partial charge is 0.244 e. The fraction of sp³-hybridized carbons (Fsp3) is 0.222. The molecule has 9 heteroatoms. The topological polar surface area (TPSA) is 98.0 Å². The van der Waals surface area contributed by atoms with Crippen LogP contribution in [-0.2, 0) is 16.6 Å². The van der Waals surface area contributed by atoms with Crippen LogP contribution in [0, 0.1) is 6.92 Å². The Morgan fingerprint density at radius 1 is 1.50 bits per heavy atom. The molecule has 0 spiro atoms. The van der Waals surface area contributed by atoms with E-state index < -0.39 is 10.0 Å². The third-order valence-corrected chi connectivity index (χ3v) is 3.85. The van der Waals surface area contributed by atoms with Crippen molar-refractivity contribution in [1.82, 2.24) is 19.8 Å². The molecule has 0 bridgehead atoms. The molecule has 2 heterocycles. The second-order valence-corrected chi connectivity index (χ2v) is 5.44. The average Bonchev–Trinajstić information content (AvgIpc) is 2.73. The molecule has 2 aromatic rings. The van der Waals surface area contributed by atoms with Gasteiger partial charge in [-0.25, -0.2) is 18.1 Å². The van der Waals surface area contributed by atoms with E-state index in [4.69, 9.17) is 16.1 Å². The minimum atomic E-state index is -3.75. The van der Waals surface area contributed by atoms with Gasteiger partial charge in [-0.1, -0.05) is 16.8 Å². The van der Waals surface area contributed by atoms with Crippen molar-refractivity contribution in [2.24, 2.45) is 0 Å². The fourth-order valence-corrected chi connectivity index (χ4v) is 2.65. The molecule has 2 aromatic heterocycles. The maximum absolute atomic E-state index is 11.9. The van der Waals surface area contributed by atoms with Gasteiger partial charge in [0.25, 0.3) is 0 Å². The molecular formula is C9H9ClN4O3S. The number of hydrogen-bond acceptors (Lipinski definition) is 6. The molecule has 7 nitrogen and oxygen atoms in total. The Balaban J connectivity index is 2.16. The van der Waals surface area contributed by atoms with Crippen LogP contribution in [0.3, 0.4) is 0 Å². The van der Waals surface area contributed by atoms with Crippen molar-refractivity contribution in [3.63, 3.8) is 0 Å². The van der Waals surface area contributed by atoms with Crippen molar-refractivity contribution < 1.29 is 12.9 Å². The SMILES string of the molecule is Cc1nc(CNS(=O)(=O)c2cccnc2Cl)no1. The fourth-order valence-electron chi connectivity index (χ4n) is 1.22. The van der Waals surface area contributed by atoms with E-state index in [0.717, 1.165) is 0 Å². The van der Waals surface area contributed by atoms with Gasteiger partial charge in [-0.05, 0) is 12.1 Å². The predicted octanol–water partition coefficient (Wildman–Crippen LogP) is 0.905. The van der Waals surface area contributed by atoms with Gasteiger partial charge in [0.15, 0.2) is 5.82 Å². The molecule has 2 rings (SSSR count). The Morgan fingerprint density at radius 2 is 2.28 bits per heavy atom. The summed E-state index contributed by atoms with van der Waals surface area (Å²) < 4.78 is 30.9. The molecule has 0 saturated carbocycles. The second-order valence-electron chi connectivity index (χ2n) is 3.35. The lowest BCUT2D eigenvalue weighted by Crippen LogP contribution is -2.24. The number of aryl methyl sites for hydroxylation is 1. The van der Waals surface area contributed by atoms with Crippen molar-refractivity contribution >= 4 is 21.6 Å². The Labute approximate surface area is 108 Å². The summed E-state index contributed by atoms with van der Waals surface area (Å²) in [6.45, 7) is 1.54. The van der Waals surface area contributed by atoms with Gasteiger partial charge < -0.3 is 4.52 Å². The van der Waals surface area contributed by atoms with E-state index in [1.807, 2.05) is 0 Å². The Bertz CT molecular complexity index is 655. The second kappa shape index (κ2) is 5.01.